The lowest BCUT2D eigenvalue weighted by Gasteiger charge is -2.18. The number of ether oxygens (including phenoxy) is 2. The summed E-state index contributed by atoms with van der Waals surface area (Å²) in [4.78, 5) is 24.1. The van der Waals surface area contributed by atoms with Crippen molar-refractivity contribution >= 4 is 12.1 Å². The van der Waals surface area contributed by atoms with Crippen LogP contribution in [0.4, 0.5) is 13.6 Å². The molecule has 0 heterocycles. The van der Waals surface area contributed by atoms with Gasteiger partial charge in [0.05, 0.1) is 6.61 Å². The smallest absolute Gasteiger partial charge is 0.407 e. The zero-order chi connectivity index (χ0) is 19.6. The quantitative estimate of drug-likeness (QED) is 0.556. The number of hydrogen-bond acceptors (Lipinski definition) is 4. The third-order valence-electron chi connectivity index (χ3n) is 4.47. The minimum absolute atomic E-state index is 0.157. The molecular formula is C20H23F2NO4. The van der Waals surface area contributed by atoms with Crippen LogP contribution in [0.3, 0.4) is 0 Å². The maximum absolute atomic E-state index is 13.4. The second-order valence-electron chi connectivity index (χ2n) is 6.57. The van der Waals surface area contributed by atoms with Crippen molar-refractivity contribution in [2.45, 2.75) is 44.6 Å². The van der Waals surface area contributed by atoms with Crippen LogP contribution in [0.15, 0.2) is 18.2 Å². The summed E-state index contributed by atoms with van der Waals surface area (Å²) >= 11 is 0. The van der Waals surface area contributed by atoms with Gasteiger partial charge in [-0.05, 0) is 30.0 Å². The van der Waals surface area contributed by atoms with Crippen LogP contribution in [0.5, 0.6) is 0 Å². The highest BCUT2D eigenvalue weighted by Gasteiger charge is 2.24. The van der Waals surface area contributed by atoms with Gasteiger partial charge in [0.2, 0.25) is 0 Å². The van der Waals surface area contributed by atoms with Crippen LogP contribution in [0.25, 0.3) is 0 Å². The summed E-state index contributed by atoms with van der Waals surface area (Å²) in [6.07, 6.45) is 9.56. The number of rotatable bonds is 8. The number of alkyl carbamates (subject to hydrolysis) is 1. The van der Waals surface area contributed by atoms with E-state index in [1.54, 1.807) is 0 Å². The van der Waals surface area contributed by atoms with Crippen molar-refractivity contribution in [3.8, 4) is 12.3 Å². The Morgan fingerprint density at radius 2 is 1.85 bits per heavy atom. The van der Waals surface area contributed by atoms with E-state index in [1.807, 2.05) is 0 Å². The molecule has 146 valence electrons. The summed E-state index contributed by atoms with van der Waals surface area (Å²) in [5.41, 5.74) is 0.196. The van der Waals surface area contributed by atoms with E-state index < -0.39 is 29.7 Å². The Morgan fingerprint density at radius 3 is 2.48 bits per heavy atom. The summed E-state index contributed by atoms with van der Waals surface area (Å²) in [5, 5.41) is 2.39. The molecule has 0 aromatic heterocycles. The largest absolute Gasteiger partial charge is 0.451 e. The molecule has 5 nitrogen and oxygen atoms in total. The van der Waals surface area contributed by atoms with E-state index in [0.29, 0.717) is 5.92 Å². The minimum atomic E-state index is -1.17. The zero-order valence-electron chi connectivity index (χ0n) is 15.0. The van der Waals surface area contributed by atoms with Crippen molar-refractivity contribution in [3.05, 3.63) is 35.4 Å². The van der Waals surface area contributed by atoms with Crippen LogP contribution < -0.4 is 5.32 Å². The Morgan fingerprint density at radius 1 is 1.19 bits per heavy atom. The molecule has 0 aliphatic heterocycles. The molecular weight excluding hydrogens is 356 g/mol. The second kappa shape index (κ2) is 10.5. The van der Waals surface area contributed by atoms with Gasteiger partial charge in [-0.2, -0.15) is 0 Å². The number of amides is 1. The Balaban J connectivity index is 1.93. The standard InChI is InChI=1S/C20H23F2NO4/c1-2-8-26-19(24)18(12-15-10-16(21)13-17(22)11-15)23-20(25)27-9-7-14-5-3-4-6-14/h1,10-11,13-14,18H,3-9,12H2,(H,23,25)/t18-/m0/s1. The summed E-state index contributed by atoms with van der Waals surface area (Å²) in [5.74, 6) is 0.351. The number of esters is 1. The van der Waals surface area contributed by atoms with Crippen LogP contribution in [-0.2, 0) is 20.7 Å². The predicted molar refractivity (Wildman–Crippen MR) is 94.7 cm³/mol. The van der Waals surface area contributed by atoms with Crippen molar-refractivity contribution in [1.82, 2.24) is 5.32 Å². The lowest BCUT2D eigenvalue weighted by Crippen LogP contribution is -2.43. The molecule has 1 atom stereocenters. The summed E-state index contributed by atoms with van der Waals surface area (Å²) < 4.78 is 36.7. The Hall–Kier alpha value is -2.62. The van der Waals surface area contributed by atoms with E-state index >= 15 is 0 Å². The van der Waals surface area contributed by atoms with Gasteiger partial charge in [0.15, 0.2) is 6.61 Å². The number of halogens is 2. The Kier molecular flexibility index (Phi) is 8.05. The lowest BCUT2D eigenvalue weighted by molar-refractivity contribution is -0.144. The molecule has 0 unspecified atom stereocenters. The first-order valence-corrected chi connectivity index (χ1v) is 8.96. The molecule has 0 radical (unpaired) electrons. The maximum Gasteiger partial charge on any atom is 0.407 e. The van der Waals surface area contributed by atoms with E-state index in [-0.39, 0.29) is 25.2 Å². The average Bonchev–Trinajstić information content (AvgIpc) is 3.11. The molecule has 1 aliphatic carbocycles. The van der Waals surface area contributed by atoms with Gasteiger partial charge < -0.3 is 14.8 Å². The molecule has 0 spiro atoms. The van der Waals surface area contributed by atoms with E-state index in [2.05, 4.69) is 11.2 Å². The lowest BCUT2D eigenvalue weighted by atomic mass is 10.1. The number of carbonyl (C=O) groups excluding carboxylic acids is 2. The third kappa shape index (κ3) is 7.26. The number of carbonyl (C=O) groups is 2. The molecule has 1 aromatic carbocycles. The fraction of sp³-hybridized carbons (Fsp3) is 0.500. The van der Waals surface area contributed by atoms with Crippen LogP contribution in [0.1, 0.15) is 37.7 Å². The van der Waals surface area contributed by atoms with Gasteiger partial charge in [0.25, 0.3) is 0 Å². The van der Waals surface area contributed by atoms with E-state index in [0.717, 1.165) is 37.5 Å². The minimum Gasteiger partial charge on any atom is -0.451 e. The van der Waals surface area contributed by atoms with Gasteiger partial charge in [0, 0.05) is 12.5 Å². The van der Waals surface area contributed by atoms with Crippen LogP contribution in [0.2, 0.25) is 0 Å². The molecule has 0 bridgehead atoms. The zero-order valence-corrected chi connectivity index (χ0v) is 15.0. The monoisotopic (exact) mass is 379 g/mol. The number of hydrogen-bond donors (Lipinski definition) is 1. The second-order valence-corrected chi connectivity index (χ2v) is 6.57. The molecule has 2 rings (SSSR count). The van der Waals surface area contributed by atoms with Crippen molar-refractivity contribution < 1.29 is 27.8 Å². The highest BCUT2D eigenvalue weighted by Crippen LogP contribution is 2.27. The van der Waals surface area contributed by atoms with Gasteiger partial charge >= 0.3 is 12.1 Å². The maximum atomic E-state index is 13.4. The highest BCUT2D eigenvalue weighted by atomic mass is 19.1. The van der Waals surface area contributed by atoms with Crippen molar-refractivity contribution in [3.63, 3.8) is 0 Å². The van der Waals surface area contributed by atoms with Crippen LogP contribution in [-0.4, -0.2) is 31.3 Å². The molecule has 1 aromatic rings. The first kappa shape index (κ1) is 20.7. The van der Waals surface area contributed by atoms with Crippen molar-refractivity contribution in [2.24, 2.45) is 5.92 Å². The summed E-state index contributed by atoms with van der Waals surface area (Å²) in [6.45, 7) is -0.0253. The SMILES string of the molecule is C#CCOC(=O)[C@H](Cc1cc(F)cc(F)c1)NC(=O)OCCC1CCCC1. The Labute approximate surface area is 157 Å². The number of terminal acetylenes is 1. The number of benzene rings is 1. The first-order valence-electron chi connectivity index (χ1n) is 8.96. The summed E-state index contributed by atoms with van der Waals surface area (Å²) in [6, 6.07) is 1.72. The molecule has 1 aliphatic rings. The van der Waals surface area contributed by atoms with Crippen molar-refractivity contribution in [1.29, 1.82) is 0 Å². The highest BCUT2D eigenvalue weighted by molar-refractivity contribution is 5.81. The third-order valence-corrected chi connectivity index (χ3v) is 4.47. The molecule has 1 saturated carbocycles. The van der Waals surface area contributed by atoms with Gasteiger partial charge in [-0.1, -0.05) is 31.6 Å². The molecule has 1 amide bonds. The van der Waals surface area contributed by atoms with E-state index in [9.17, 15) is 18.4 Å². The predicted octanol–water partition coefficient (Wildman–Crippen LogP) is 3.36. The van der Waals surface area contributed by atoms with Gasteiger partial charge in [-0.15, -0.1) is 6.42 Å². The van der Waals surface area contributed by atoms with Gasteiger partial charge in [-0.25, -0.2) is 18.4 Å². The fourth-order valence-electron chi connectivity index (χ4n) is 3.17. The molecule has 7 heteroatoms. The Bertz CT molecular complexity index is 675. The molecule has 27 heavy (non-hydrogen) atoms. The molecule has 1 N–H and O–H groups in total. The van der Waals surface area contributed by atoms with Crippen molar-refractivity contribution in [2.75, 3.05) is 13.2 Å². The topological polar surface area (TPSA) is 64.6 Å². The van der Waals surface area contributed by atoms with Crippen LogP contribution >= 0.6 is 0 Å². The average molecular weight is 379 g/mol. The van der Waals surface area contributed by atoms with E-state index in [1.165, 1.54) is 12.8 Å². The normalized spacial score (nSPS) is 15.0. The van der Waals surface area contributed by atoms with Gasteiger partial charge in [0.1, 0.15) is 17.7 Å². The molecule has 1 fully saturated rings. The van der Waals surface area contributed by atoms with Gasteiger partial charge in [-0.3, -0.25) is 0 Å². The van der Waals surface area contributed by atoms with Crippen LogP contribution in [0, 0.1) is 29.9 Å². The summed E-state index contributed by atoms with van der Waals surface area (Å²) in [7, 11) is 0. The van der Waals surface area contributed by atoms with E-state index in [4.69, 9.17) is 15.9 Å². The first-order chi connectivity index (χ1) is 13.0. The fourth-order valence-corrected chi connectivity index (χ4v) is 3.17. The number of nitrogens with one attached hydrogen (secondary N) is 1. The molecule has 0 saturated heterocycles.